The third-order valence-corrected chi connectivity index (χ3v) is 4.01. The summed E-state index contributed by atoms with van der Waals surface area (Å²) in [7, 11) is 0. The molecule has 1 aliphatic heterocycles. The second-order valence-corrected chi connectivity index (χ2v) is 5.97. The van der Waals surface area contributed by atoms with Crippen molar-refractivity contribution in [3.8, 4) is 0 Å². The molecule has 2 amide bonds. The maximum atomic E-state index is 12.0. The SMILES string of the molecule is CCCC(C)NC(=O)CN1C(=O)C(=O)c2cccc(Br)c21. The van der Waals surface area contributed by atoms with Crippen LogP contribution in [0.4, 0.5) is 5.69 Å². The van der Waals surface area contributed by atoms with Gasteiger partial charge in [-0.3, -0.25) is 19.3 Å². The lowest BCUT2D eigenvalue weighted by atomic mass is 10.1. The molecule has 0 radical (unpaired) electrons. The Morgan fingerprint density at radius 2 is 2.10 bits per heavy atom. The van der Waals surface area contributed by atoms with Crippen molar-refractivity contribution >= 4 is 39.2 Å². The van der Waals surface area contributed by atoms with E-state index < -0.39 is 11.7 Å². The third-order valence-electron chi connectivity index (χ3n) is 3.37. The molecule has 1 heterocycles. The summed E-state index contributed by atoms with van der Waals surface area (Å²) >= 11 is 3.33. The first-order valence-electron chi connectivity index (χ1n) is 6.89. The fourth-order valence-corrected chi connectivity index (χ4v) is 3.01. The Labute approximate surface area is 131 Å². The molecule has 1 unspecified atom stereocenters. The molecule has 0 bridgehead atoms. The van der Waals surface area contributed by atoms with Crippen molar-refractivity contribution < 1.29 is 14.4 Å². The molecule has 1 N–H and O–H groups in total. The lowest BCUT2D eigenvalue weighted by Gasteiger charge is -2.19. The fraction of sp³-hybridized carbons (Fsp3) is 0.400. The van der Waals surface area contributed by atoms with Crippen LogP contribution < -0.4 is 10.2 Å². The number of carbonyl (C=O) groups excluding carboxylic acids is 3. The van der Waals surface area contributed by atoms with Crippen molar-refractivity contribution in [2.24, 2.45) is 0 Å². The van der Waals surface area contributed by atoms with Crippen molar-refractivity contribution in [1.29, 1.82) is 0 Å². The van der Waals surface area contributed by atoms with Gasteiger partial charge in [0.05, 0.1) is 11.3 Å². The first-order chi connectivity index (χ1) is 9.95. The Bertz CT molecular complexity index is 601. The van der Waals surface area contributed by atoms with Crippen LogP contribution in [-0.2, 0) is 9.59 Å². The normalized spacial score (nSPS) is 15.1. The van der Waals surface area contributed by atoms with Gasteiger partial charge in [0.25, 0.3) is 11.7 Å². The zero-order chi connectivity index (χ0) is 15.6. The first-order valence-corrected chi connectivity index (χ1v) is 7.69. The van der Waals surface area contributed by atoms with Gasteiger partial charge in [0.15, 0.2) is 0 Å². The molecular weight excluding hydrogens is 336 g/mol. The zero-order valence-corrected chi connectivity index (χ0v) is 13.6. The van der Waals surface area contributed by atoms with Gasteiger partial charge in [0, 0.05) is 10.5 Å². The van der Waals surface area contributed by atoms with Crippen molar-refractivity contribution in [3.05, 3.63) is 28.2 Å². The van der Waals surface area contributed by atoms with Crippen LogP contribution in [0, 0.1) is 0 Å². The summed E-state index contributed by atoms with van der Waals surface area (Å²) in [5, 5.41) is 2.83. The van der Waals surface area contributed by atoms with Gasteiger partial charge in [-0.2, -0.15) is 0 Å². The number of benzene rings is 1. The highest BCUT2D eigenvalue weighted by atomic mass is 79.9. The van der Waals surface area contributed by atoms with Gasteiger partial charge in [0.2, 0.25) is 5.91 Å². The third kappa shape index (κ3) is 3.15. The molecule has 0 fully saturated rings. The molecule has 0 spiro atoms. The number of carbonyl (C=O) groups is 3. The number of hydrogen-bond donors (Lipinski definition) is 1. The van der Waals surface area contributed by atoms with Crippen molar-refractivity contribution in [2.75, 3.05) is 11.4 Å². The lowest BCUT2D eigenvalue weighted by molar-refractivity contribution is -0.122. The monoisotopic (exact) mass is 352 g/mol. The standard InChI is InChI=1S/C15H17BrN2O3/c1-3-5-9(2)17-12(19)8-18-13-10(14(20)15(18)21)6-4-7-11(13)16/h4,6-7,9H,3,5,8H2,1-2H3,(H,17,19). The molecule has 0 aromatic heterocycles. The summed E-state index contributed by atoms with van der Waals surface area (Å²) < 4.78 is 0.633. The van der Waals surface area contributed by atoms with Crippen LogP contribution in [0.15, 0.2) is 22.7 Å². The van der Waals surface area contributed by atoms with Gasteiger partial charge in [-0.25, -0.2) is 0 Å². The summed E-state index contributed by atoms with van der Waals surface area (Å²) in [5.41, 5.74) is 0.814. The van der Waals surface area contributed by atoms with Crippen LogP contribution in [0.1, 0.15) is 37.0 Å². The summed E-state index contributed by atoms with van der Waals surface area (Å²) in [6.45, 7) is 3.81. The van der Waals surface area contributed by atoms with Gasteiger partial charge < -0.3 is 5.32 Å². The minimum absolute atomic E-state index is 0.0505. The zero-order valence-electron chi connectivity index (χ0n) is 12.0. The molecule has 1 aromatic carbocycles. The minimum Gasteiger partial charge on any atom is -0.352 e. The maximum absolute atomic E-state index is 12.0. The predicted molar refractivity (Wildman–Crippen MR) is 83.3 cm³/mol. The molecule has 0 saturated carbocycles. The summed E-state index contributed by atoms with van der Waals surface area (Å²) in [5.74, 6) is -1.49. The van der Waals surface area contributed by atoms with E-state index in [-0.39, 0.29) is 18.5 Å². The molecule has 2 rings (SSSR count). The van der Waals surface area contributed by atoms with E-state index in [1.807, 2.05) is 13.8 Å². The smallest absolute Gasteiger partial charge is 0.299 e. The molecule has 1 aliphatic rings. The Balaban J connectivity index is 2.17. The van der Waals surface area contributed by atoms with Crippen molar-refractivity contribution in [3.63, 3.8) is 0 Å². The Morgan fingerprint density at radius 1 is 1.38 bits per heavy atom. The Kier molecular flexibility index (Phi) is 4.77. The lowest BCUT2D eigenvalue weighted by Crippen LogP contribution is -2.43. The number of nitrogens with zero attached hydrogens (tertiary/aromatic N) is 1. The molecule has 0 aliphatic carbocycles. The van der Waals surface area contributed by atoms with E-state index in [2.05, 4.69) is 21.2 Å². The summed E-state index contributed by atoms with van der Waals surface area (Å²) in [6.07, 6.45) is 1.84. The van der Waals surface area contributed by atoms with Crippen LogP contribution in [0.5, 0.6) is 0 Å². The maximum Gasteiger partial charge on any atom is 0.299 e. The summed E-state index contributed by atoms with van der Waals surface area (Å²) in [6, 6.07) is 5.09. The predicted octanol–water partition coefficient (Wildman–Crippen LogP) is 2.28. The quantitative estimate of drug-likeness (QED) is 0.826. The van der Waals surface area contributed by atoms with E-state index in [9.17, 15) is 14.4 Å². The number of amides is 2. The molecule has 112 valence electrons. The molecule has 5 nitrogen and oxygen atoms in total. The van der Waals surface area contributed by atoms with Crippen LogP contribution in [0.2, 0.25) is 0 Å². The Hall–Kier alpha value is -1.69. The van der Waals surface area contributed by atoms with E-state index >= 15 is 0 Å². The molecule has 1 aromatic rings. The van der Waals surface area contributed by atoms with Crippen molar-refractivity contribution in [2.45, 2.75) is 32.7 Å². The fourth-order valence-electron chi connectivity index (χ4n) is 2.43. The molecule has 1 atom stereocenters. The average Bonchev–Trinajstić information content (AvgIpc) is 2.65. The number of nitrogens with one attached hydrogen (secondary N) is 1. The average molecular weight is 353 g/mol. The van der Waals surface area contributed by atoms with E-state index in [1.54, 1.807) is 18.2 Å². The number of halogens is 1. The largest absolute Gasteiger partial charge is 0.352 e. The minimum atomic E-state index is -0.657. The number of ketones is 1. The van der Waals surface area contributed by atoms with E-state index in [4.69, 9.17) is 0 Å². The molecule has 21 heavy (non-hydrogen) atoms. The highest BCUT2D eigenvalue weighted by Gasteiger charge is 2.38. The second-order valence-electron chi connectivity index (χ2n) is 5.11. The van der Waals surface area contributed by atoms with Gasteiger partial charge in [-0.15, -0.1) is 0 Å². The molecular formula is C15H17BrN2O3. The van der Waals surface area contributed by atoms with Gasteiger partial charge in [0.1, 0.15) is 6.54 Å². The number of para-hydroxylation sites is 1. The molecule has 6 heteroatoms. The van der Waals surface area contributed by atoms with Gasteiger partial charge in [-0.1, -0.05) is 19.4 Å². The first kappa shape index (κ1) is 15.7. The van der Waals surface area contributed by atoms with E-state index in [0.717, 1.165) is 12.8 Å². The van der Waals surface area contributed by atoms with Gasteiger partial charge >= 0.3 is 0 Å². The number of rotatable bonds is 5. The number of fused-ring (bicyclic) bond motifs is 1. The topological polar surface area (TPSA) is 66.5 Å². The van der Waals surface area contributed by atoms with E-state index in [0.29, 0.717) is 15.7 Å². The highest BCUT2D eigenvalue weighted by Crippen LogP contribution is 2.35. The van der Waals surface area contributed by atoms with Crippen LogP contribution in [0.3, 0.4) is 0 Å². The van der Waals surface area contributed by atoms with Crippen LogP contribution in [0.25, 0.3) is 0 Å². The number of anilines is 1. The Morgan fingerprint density at radius 3 is 2.76 bits per heavy atom. The number of hydrogen-bond acceptors (Lipinski definition) is 3. The molecule has 0 saturated heterocycles. The number of Topliss-reactive ketones (excluding diaryl/α,β-unsaturated/α-hetero) is 1. The van der Waals surface area contributed by atoms with Crippen molar-refractivity contribution in [1.82, 2.24) is 5.32 Å². The highest BCUT2D eigenvalue weighted by molar-refractivity contribution is 9.10. The second kappa shape index (κ2) is 6.39. The van der Waals surface area contributed by atoms with Crippen LogP contribution >= 0.6 is 15.9 Å². The summed E-state index contributed by atoms with van der Waals surface area (Å²) in [4.78, 5) is 37.2. The van der Waals surface area contributed by atoms with Crippen LogP contribution in [-0.4, -0.2) is 30.2 Å². The van der Waals surface area contributed by atoms with Gasteiger partial charge in [-0.05, 0) is 41.4 Å². The van der Waals surface area contributed by atoms with E-state index in [1.165, 1.54) is 4.90 Å².